The predicted octanol–water partition coefficient (Wildman–Crippen LogP) is -0.191. The highest BCUT2D eigenvalue weighted by Crippen LogP contribution is 2.02. The summed E-state index contributed by atoms with van der Waals surface area (Å²) in [5.74, 6) is 0. The molecular formula is C6H4N2O3. The SMILES string of the molecule is O=c1[nH]c(=O)c2cocc2[nH]1. The maximum atomic E-state index is 10.9. The van der Waals surface area contributed by atoms with E-state index in [0.717, 1.165) is 0 Å². The Kier molecular flexibility index (Phi) is 1.00. The molecule has 0 fully saturated rings. The van der Waals surface area contributed by atoms with E-state index < -0.39 is 11.2 Å². The Labute approximate surface area is 59.7 Å². The molecule has 2 aromatic heterocycles. The van der Waals surface area contributed by atoms with E-state index in [4.69, 9.17) is 4.42 Å². The zero-order valence-corrected chi connectivity index (χ0v) is 5.38. The van der Waals surface area contributed by atoms with Crippen molar-refractivity contribution in [2.75, 3.05) is 0 Å². The summed E-state index contributed by atoms with van der Waals surface area (Å²) in [7, 11) is 0. The molecule has 11 heavy (non-hydrogen) atoms. The number of H-pyrrole nitrogens is 2. The third-order valence-corrected chi connectivity index (χ3v) is 1.38. The van der Waals surface area contributed by atoms with Gasteiger partial charge in [0.25, 0.3) is 5.56 Å². The molecule has 0 saturated carbocycles. The van der Waals surface area contributed by atoms with Crippen LogP contribution in [0.3, 0.4) is 0 Å². The molecule has 56 valence electrons. The van der Waals surface area contributed by atoms with E-state index in [-0.39, 0.29) is 0 Å². The second-order valence-electron chi connectivity index (χ2n) is 2.11. The molecule has 2 heterocycles. The largest absolute Gasteiger partial charge is 0.470 e. The maximum absolute atomic E-state index is 10.9. The summed E-state index contributed by atoms with van der Waals surface area (Å²) in [5.41, 5.74) is -0.542. The Morgan fingerprint density at radius 1 is 1.18 bits per heavy atom. The standard InChI is InChI=1S/C6H4N2O3/c9-5-3-1-11-2-4(3)7-6(10)8-5/h1-2H,(H2,7,8,9,10). The highest BCUT2D eigenvalue weighted by molar-refractivity contribution is 5.74. The van der Waals surface area contributed by atoms with Crippen LogP contribution in [0.25, 0.3) is 10.9 Å². The highest BCUT2D eigenvalue weighted by Gasteiger charge is 2.00. The van der Waals surface area contributed by atoms with Crippen LogP contribution in [0.15, 0.2) is 26.5 Å². The molecule has 0 radical (unpaired) electrons. The van der Waals surface area contributed by atoms with Crippen LogP contribution < -0.4 is 11.2 Å². The van der Waals surface area contributed by atoms with Gasteiger partial charge in [-0.2, -0.15) is 0 Å². The normalized spacial score (nSPS) is 10.5. The first kappa shape index (κ1) is 5.96. The first-order valence-corrected chi connectivity index (χ1v) is 2.96. The number of nitrogens with one attached hydrogen (secondary N) is 2. The molecule has 2 rings (SSSR count). The molecule has 0 amide bonds. The molecule has 5 heteroatoms. The summed E-state index contributed by atoms with van der Waals surface area (Å²) in [4.78, 5) is 26.1. The molecule has 2 aromatic rings. The lowest BCUT2D eigenvalue weighted by Crippen LogP contribution is -2.20. The molecule has 0 aromatic carbocycles. The fourth-order valence-electron chi connectivity index (χ4n) is 0.894. The van der Waals surface area contributed by atoms with Crippen LogP contribution in [-0.2, 0) is 0 Å². The number of fused-ring (bicyclic) bond motifs is 1. The summed E-state index contributed by atoms with van der Waals surface area (Å²) in [6.07, 6.45) is 2.59. The monoisotopic (exact) mass is 152 g/mol. The van der Waals surface area contributed by atoms with Crippen LogP contribution in [0.5, 0.6) is 0 Å². The Balaban J connectivity index is 3.15. The number of aromatic amines is 2. The van der Waals surface area contributed by atoms with Gasteiger partial charge >= 0.3 is 5.69 Å². The second-order valence-corrected chi connectivity index (χ2v) is 2.11. The summed E-state index contributed by atoms with van der Waals surface area (Å²) >= 11 is 0. The van der Waals surface area contributed by atoms with Crippen molar-refractivity contribution in [3.63, 3.8) is 0 Å². The van der Waals surface area contributed by atoms with Crippen LogP contribution in [0.2, 0.25) is 0 Å². The Bertz CT molecular complexity index is 490. The van der Waals surface area contributed by atoms with Gasteiger partial charge in [0.1, 0.15) is 17.9 Å². The average molecular weight is 152 g/mol. The summed E-state index contributed by atoms with van der Waals surface area (Å²) in [5, 5.41) is 0.351. The number of hydrogen-bond donors (Lipinski definition) is 2. The molecule has 2 N–H and O–H groups in total. The van der Waals surface area contributed by atoms with Crippen LogP contribution in [-0.4, -0.2) is 9.97 Å². The molecule has 0 aliphatic carbocycles. The maximum Gasteiger partial charge on any atom is 0.326 e. The van der Waals surface area contributed by atoms with E-state index in [9.17, 15) is 9.59 Å². The topological polar surface area (TPSA) is 78.9 Å². The van der Waals surface area contributed by atoms with Crippen molar-refractivity contribution < 1.29 is 4.42 Å². The molecule has 0 aliphatic rings. The van der Waals surface area contributed by atoms with Crippen molar-refractivity contribution in [1.29, 1.82) is 0 Å². The quantitative estimate of drug-likeness (QED) is 0.549. The van der Waals surface area contributed by atoms with Gasteiger partial charge in [-0.25, -0.2) is 4.79 Å². The van der Waals surface area contributed by atoms with Crippen LogP contribution >= 0.6 is 0 Å². The lowest BCUT2D eigenvalue weighted by Gasteiger charge is -1.83. The first-order chi connectivity index (χ1) is 5.27. The smallest absolute Gasteiger partial charge is 0.326 e. The summed E-state index contributed by atoms with van der Waals surface area (Å²) in [6, 6.07) is 0. The fourth-order valence-corrected chi connectivity index (χ4v) is 0.894. The van der Waals surface area contributed by atoms with E-state index in [1.807, 2.05) is 0 Å². The minimum absolute atomic E-state index is 0.351. The lowest BCUT2D eigenvalue weighted by atomic mass is 10.4. The van der Waals surface area contributed by atoms with E-state index in [1.165, 1.54) is 12.5 Å². The number of aromatic nitrogens is 2. The van der Waals surface area contributed by atoms with Crippen LogP contribution in [0.4, 0.5) is 0 Å². The molecule has 0 unspecified atom stereocenters. The second kappa shape index (κ2) is 1.85. The van der Waals surface area contributed by atoms with Gasteiger partial charge in [-0.05, 0) is 0 Å². The number of furan rings is 1. The van der Waals surface area contributed by atoms with Crippen molar-refractivity contribution in [3.8, 4) is 0 Å². The minimum atomic E-state index is -0.524. The molecule has 0 spiro atoms. The van der Waals surface area contributed by atoms with Gasteiger partial charge in [0, 0.05) is 0 Å². The zero-order chi connectivity index (χ0) is 7.84. The lowest BCUT2D eigenvalue weighted by molar-refractivity contribution is 0.571. The van der Waals surface area contributed by atoms with E-state index in [0.29, 0.717) is 10.9 Å². The average Bonchev–Trinajstić information content (AvgIpc) is 2.34. The Morgan fingerprint density at radius 3 is 2.82 bits per heavy atom. The van der Waals surface area contributed by atoms with Crippen molar-refractivity contribution in [1.82, 2.24) is 9.97 Å². The molecule has 0 atom stereocenters. The molecular weight excluding hydrogens is 148 g/mol. The molecule has 0 bridgehead atoms. The third kappa shape index (κ3) is 0.778. The van der Waals surface area contributed by atoms with Gasteiger partial charge in [0.15, 0.2) is 0 Å². The summed E-state index contributed by atoms with van der Waals surface area (Å²) in [6.45, 7) is 0. The van der Waals surface area contributed by atoms with Gasteiger partial charge in [-0.1, -0.05) is 0 Å². The molecule has 0 saturated heterocycles. The highest BCUT2D eigenvalue weighted by atomic mass is 16.3. The third-order valence-electron chi connectivity index (χ3n) is 1.38. The Hall–Kier alpha value is -1.78. The van der Waals surface area contributed by atoms with Gasteiger partial charge in [0.05, 0.1) is 5.52 Å². The van der Waals surface area contributed by atoms with Gasteiger partial charge < -0.3 is 9.40 Å². The fraction of sp³-hybridized carbons (Fsp3) is 0. The van der Waals surface area contributed by atoms with E-state index in [1.54, 1.807) is 0 Å². The van der Waals surface area contributed by atoms with Gasteiger partial charge in [-0.15, -0.1) is 0 Å². The van der Waals surface area contributed by atoms with Gasteiger partial charge in [-0.3, -0.25) is 9.78 Å². The minimum Gasteiger partial charge on any atom is -0.470 e. The van der Waals surface area contributed by atoms with Crippen molar-refractivity contribution in [3.05, 3.63) is 33.4 Å². The van der Waals surface area contributed by atoms with Crippen molar-refractivity contribution in [2.45, 2.75) is 0 Å². The van der Waals surface area contributed by atoms with E-state index in [2.05, 4.69) is 9.97 Å². The Morgan fingerprint density at radius 2 is 2.00 bits per heavy atom. The zero-order valence-electron chi connectivity index (χ0n) is 5.38. The van der Waals surface area contributed by atoms with Crippen LogP contribution in [0.1, 0.15) is 0 Å². The van der Waals surface area contributed by atoms with Crippen molar-refractivity contribution >= 4 is 10.9 Å². The number of rotatable bonds is 0. The molecule has 5 nitrogen and oxygen atoms in total. The summed E-state index contributed by atoms with van der Waals surface area (Å²) < 4.78 is 4.71. The first-order valence-electron chi connectivity index (χ1n) is 2.96. The van der Waals surface area contributed by atoms with E-state index >= 15 is 0 Å². The van der Waals surface area contributed by atoms with Crippen molar-refractivity contribution in [2.24, 2.45) is 0 Å². The predicted molar refractivity (Wildman–Crippen MR) is 37.5 cm³/mol. The molecule has 0 aliphatic heterocycles. The number of hydrogen-bond acceptors (Lipinski definition) is 3. The van der Waals surface area contributed by atoms with Gasteiger partial charge in [0.2, 0.25) is 0 Å². The van der Waals surface area contributed by atoms with Crippen LogP contribution in [0, 0.1) is 0 Å².